The molecule has 1 atom stereocenters. The summed E-state index contributed by atoms with van der Waals surface area (Å²) in [4.78, 5) is 12.7. The molecule has 0 N–H and O–H groups in total. The second kappa shape index (κ2) is 3.61. The Bertz CT molecular complexity index is 406. The van der Waals surface area contributed by atoms with Crippen LogP contribution in [-0.2, 0) is 11.2 Å². The first-order valence-electron chi connectivity index (χ1n) is 4.77. The first-order chi connectivity index (χ1) is 7.13. The van der Waals surface area contributed by atoms with Crippen LogP contribution in [0.3, 0.4) is 0 Å². The van der Waals surface area contributed by atoms with E-state index < -0.39 is 12.7 Å². The van der Waals surface area contributed by atoms with Gasteiger partial charge in [-0.3, -0.25) is 4.79 Å². The molecule has 4 heteroatoms. The van der Waals surface area contributed by atoms with E-state index >= 15 is 0 Å². The van der Waals surface area contributed by atoms with Gasteiger partial charge in [-0.05, 0) is 30.2 Å². The van der Waals surface area contributed by atoms with Gasteiger partial charge in [0, 0.05) is 12.6 Å². The van der Waals surface area contributed by atoms with Gasteiger partial charge in [-0.15, -0.1) is 0 Å². The maximum atomic E-state index is 12.9. The molecule has 1 aromatic rings. The summed E-state index contributed by atoms with van der Waals surface area (Å²) in [5, 5.41) is 0. The normalized spacial score (nSPS) is 19.1. The first kappa shape index (κ1) is 10.1. The lowest BCUT2D eigenvalue weighted by Gasteiger charge is -2.21. The van der Waals surface area contributed by atoms with E-state index in [1.807, 2.05) is 0 Å². The van der Waals surface area contributed by atoms with Crippen LogP contribution < -0.4 is 4.90 Å². The molecule has 0 fully saturated rings. The summed E-state index contributed by atoms with van der Waals surface area (Å²) in [5.74, 6) is -0.556. The van der Waals surface area contributed by atoms with Crippen molar-refractivity contribution < 1.29 is 13.6 Å². The highest BCUT2D eigenvalue weighted by Crippen LogP contribution is 2.32. The number of hydrogen-bond acceptors (Lipinski definition) is 1. The molecular formula is C11H11F2NO. The summed E-state index contributed by atoms with van der Waals surface area (Å²) in [6.07, 6.45) is 0.392. The van der Waals surface area contributed by atoms with Gasteiger partial charge in [-0.1, -0.05) is 0 Å². The zero-order valence-corrected chi connectivity index (χ0v) is 8.34. The average molecular weight is 211 g/mol. The van der Waals surface area contributed by atoms with Crippen molar-refractivity contribution in [2.24, 2.45) is 0 Å². The first-order valence-corrected chi connectivity index (χ1v) is 4.77. The standard InChI is InChI=1S/C11H11F2NO/c1-7(15)14-10(6-12)5-8-4-9(13)2-3-11(8)14/h2-4,10H,5-6H2,1H3. The molecule has 1 heterocycles. The van der Waals surface area contributed by atoms with E-state index in [0.29, 0.717) is 17.7 Å². The van der Waals surface area contributed by atoms with Gasteiger partial charge in [-0.2, -0.15) is 0 Å². The van der Waals surface area contributed by atoms with Crippen LogP contribution in [0.1, 0.15) is 12.5 Å². The quantitative estimate of drug-likeness (QED) is 0.696. The molecular weight excluding hydrogens is 200 g/mol. The molecule has 1 amide bonds. The van der Waals surface area contributed by atoms with Crippen molar-refractivity contribution in [1.29, 1.82) is 0 Å². The van der Waals surface area contributed by atoms with Crippen molar-refractivity contribution in [1.82, 2.24) is 0 Å². The average Bonchev–Trinajstić information content (AvgIpc) is 2.54. The van der Waals surface area contributed by atoms with E-state index in [1.165, 1.54) is 30.0 Å². The number of amides is 1. The number of rotatable bonds is 1. The van der Waals surface area contributed by atoms with Crippen LogP contribution in [0.4, 0.5) is 14.5 Å². The minimum atomic E-state index is -0.601. The Kier molecular flexibility index (Phi) is 2.42. The molecule has 0 saturated carbocycles. The minimum Gasteiger partial charge on any atom is -0.306 e. The number of anilines is 1. The summed E-state index contributed by atoms with van der Waals surface area (Å²) in [6.45, 7) is 0.789. The van der Waals surface area contributed by atoms with Gasteiger partial charge in [0.2, 0.25) is 5.91 Å². The number of benzene rings is 1. The number of alkyl halides is 1. The van der Waals surface area contributed by atoms with Crippen molar-refractivity contribution in [3.8, 4) is 0 Å². The molecule has 0 radical (unpaired) electrons. The Hall–Kier alpha value is -1.45. The zero-order chi connectivity index (χ0) is 11.0. The summed E-state index contributed by atoms with van der Waals surface area (Å²) in [6, 6.07) is 3.71. The summed E-state index contributed by atoms with van der Waals surface area (Å²) in [7, 11) is 0. The van der Waals surface area contributed by atoms with Gasteiger partial charge < -0.3 is 4.90 Å². The second-order valence-electron chi connectivity index (χ2n) is 3.67. The number of halogens is 2. The van der Waals surface area contributed by atoms with Crippen molar-refractivity contribution in [3.63, 3.8) is 0 Å². The maximum Gasteiger partial charge on any atom is 0.224 e. The number of fused-ring (bicyclic) bond motifs is 1. The molecule has 0 saturated heterocycles. The molecule has 0 aromatic heterocycles. The highest BCUT2D eigenvalue weighted by atomic mass is 19.1. The molecule has 2 rings (SSSR count). The van der Waals surface area contributed by atoms with Gasteiger partial charge in [0.05, 0.1) is 6.04 Å². The summed E-state index contributed by atoms with van der Waals surface area (Å²) >= 11 is 0. The highest BCUT2D eigenvalue weighted by Gasteiger charge is 2.31. The lowest BCUT2D eigenvalue weighted by molar-refractivity contribution is -0.117. The molecule has 0 aliphatic carbocycles. The van der Waals surface area contributed by atoms with Crippen molar-refractivity contribution >= 4 is 11.6 Å². The molecule has 2 nitrogen and oxygen atoms in total. The molecule has 1 aliphatic heterocycles. The molecule has 0 spiro atoms. The molecule has 0 bridgehead atoms. The Morgan fingerprint density at radius 2 is 2.33 bits per heavy atom. The topological polar surface area (TPSA) is 20.3 Å². The van der Waals surface area contributed by atoms with E-state index in [0.717, 1.165) is 0 Å². The van der Waals surface area contributed by atoms with Crippen LogP contribution in [0.15, 0.2) is 18.2 Å². The third-order valence-corrected chi connectivity index (χ3v) is 2.64. The minimum absolute atomic E-state index is 0.206. The number of carbonyl (C=O) groups is 1. The van der Waals surface area contributed by atoms with Crippen LogP contribution >= 0.6 is 0 Å². The third kappa shape index (κ3) is 1.60. The van der Waals surface area contributed by atoms with E-state index in [-0.39, 0.29) is 11.7 Å². The largest absolute Gasteiger partial charge is 0.306 e. The SMILES string of the molecule is CC(=O)N1c2ccc(F)cc2CC1CF. The van der Waals surface area contributed by atoms with Crippen LogP contribution in [0, 0.1) is 5.82 Å². The van der Waals surface area contributed by atoms with Gasteiger partial charge >= 0.3 is 0 Å². The van der Waals surface area contributed by atoms with Crippen LogP contribution in [-0.4, -0.2) is 18.6 Å². The Morgan fingerprint density at radius 1 is 1.60 bits per heavy atom. The van der Waals surface area contributed by atoms with Crippen LogP contribution in [0.5, 0.6) is 0 Å². The fourth-order valence-electron chi connectivity index (χ4n) is 2.04. The Morgan fingerprint density at radius 3 is 2.93 bits per heavy atom. The monoisotopic (exact) mass is 211 g/mol. The fraction of sp³-hybridized carbons (Fsp3) is 0.364. The maximum absolute atomic E-state index is 12.9. The summed E-state index contributed by atoms with van der Waals surface area (Å²) in [5.41, 5.74) is 1.33. The van der Waals surface area contributed by atoms with Gasteiger partial charge in [-0.25, -0.2) is 8.78 Å². The zero-order valence-electron chi connectivity index (χ0n) is 8.34. The lowest BCUT2D eigenvalue weighted by Crippen LogP contribution is -2.37. The molecule has 15 heavy (non-hydrogen) atoms. The van der Waals surface area contributed by atoms with Crippen LogP contribution in [0.25, 0.3) is 0 Å². The predicted octanol–water partition coefficient (Wildman–Crippen LogP) is 2.07. The number of carbonyl (C=O) groups excluding carboxylic acids is 1. The smallest absolute Gasteiger partial charge is 0.224 e. The summed E-state index contributed by atoms with van der Waals surface area (Å²) < 4.78 is 25.6. The number of nitrogens with zero attached hydrogens (tertiary/aromatic N) is 1. The third-order valence-electron chi connectivity index (χ3n) is 2.64. The van der Waals surface area contributed by atoms with Crippen molar-refractivity contribution in [2.75, 3.05) is 11.6 Å². The molecule has 1 aromatic carbocycles. The van der Waals surface area contributed by atoms with Crippen LogP contribution in [0.2, 0.25) is 0 Å². The highest BCUT2D eigenvalue weighted by molar-refractivity contribution is 5.94. The van der Waals surface area contributed by atoms with E-state index in [9.17, 15) is 13.6 Å². The molecule has 80 valence electrons. The lowest BCUT2D eigenvalue weighted by atomic mass is 10.1. The predicted molar refractivity (Wildman–Crippen MR) is 53.0 cm³/mol. The molecule has 1 aliphatic rings. The van der Waals surface area contributed by atoms with Crippen molar-refractivity contribution in [3.05, 3.63) is 29.6 Å². The van der Waals surface area contributed by atoms with Gasteiger partial charge in [0.15, 0.2) is 0 Å². The van der Waals surface area contributed by atoms with Gasteiger partial charge in [0.25, 0.3) is 0 Å². The number of hydrogen-bond donors (Lipinski definition) is 0. The fourth-order valence-corrected chi connectivity index (χ4v) is 2.04. The molecule has 1 unspecified atom stereocenters. The second-order valence-corrected chi connectivity index (χ2v) is 3.67. The van der Waals surface area contributed by atoms with Gasteiger partial charge in [0.1, 0.15) is 12.5 Å². The van der Waals surface area contributed by atoms with E-state index in [2.05, 4.69) is 0 Å². The van der Waals surface area contributed by atoms with Crippen molar-refractivity contribution in [2.45, 2.75) is 19.4 Å². The van der Waals surface area contributed by atoms with E-state index in [1.54, 1.807) is 0 Å². The Balaban J connectivity index is 2.44. The Labute approximate surface area is 86.5 Å². The van der Waals surface area contributed by atoms with E-state index in [4.69, 9.17) is 0 Å².